The molecule has 0 aromatic heterocycles. The number of benzene rings is 1. The molecule has 2 atom stereocenters. The van der Waals surface area contributed by atoms with Gasteiger partial charge in [-0.15, -0.1) is 11.8 Å². The number of ether oxygens (including phenoxy) is 2. The lowest BCUT2D eigenvalue weighted by Crippen LogP contribution is -2.27. The Labute approximate surface area is 157 Å². The summed E-state index contributed by atoms with van der Waals surface area (Å²) in [5.41, 5.74) is -4.01. The summed E-state index contributed by atoms with van der Waals surface area (Å²) in [5, 5.41) is 33.7. The molecule has 16 heteroatoms. The first-order chi connectivity index (χ1) is 13.0. The van der Waals surface area contributed by atoms with Crippen molar-refractivity contribution in [2.75, 3.05) is 12.4 Å². The minimum absolute atomic E-state index is 0.141. The lowest BCUT2D eigenvalue weighted by Gasteiger charge is -2.12. The molecule has 0 N–H and O–H groups in total. The maximum absolute atomic E-state index is 13.1. The van der Waals surface area contributed by atoms with E-state index in [9.17, 15) is 48.3 Å². The average Bonchev–Trinajstić information content (AvgIpc) is 2.60. The first kappa shape index (κ1) is 22.9. The van der Waals surface area contributed by atoms with E-state index in [1.165, 1.54) is 6.92 Å². The molecule has 0 heterocycles. The third kappa shape index (κ3) is 5.18. The SMILES string of the molecule is CCSc1cc([N+](=O)[O-])c(OC(=O)OC(F)C(F)CF)c([N+](=O)[O-])c1[N+](=O)[O-]. The van der Waals surface area contributed by atoms with E-state index >= 15 is 0 Å². The summed E-state index contributed by atoms with van der Waals surface area (Å²) in [6.45, 7) is -0.378. The van der Waals surface area contributed by atoms with Crippen LogP contribution < -0.4 is 4.74 Å². The normalized spacial score (nSPS) is 12.7. The average molecular weight is 429 g/mol. The van der Waals surface area contributed by atoms with E-state index in [2.05, 4.69) is 9.47 Å². The molecule has 0 amide bonds. The number of nitro groups is 3. The van der Waals surface area contributed by atoms with Crippen LogP contribution in [-0.2, 0) is 4.74 Å². The van der Waals surface area contributed by atoms with Crippen molar-refractivity contribution in [2.24, 2.45) is 0 Å². The summed E-state index contributed by atoms with van der Waals surface area (Å²) < 4.78 is 45.8. The molecule has 1 aromatic carbocycles. The van der Waals surface area contributed by atoms with Crippen molar-refractivity contribution in [3.05, 3.63) is 36.4 Å². The number of thioether (sulfide) groups is 1. The number of alkyl halides is 3. The molecule has 0 aliphatic heterocycles. The number of carbonyl (C=O) groups excluding carboxylic acids is 1. The van der Waals surface area contributed by atoms with Gasteiger partial charge in [-0.2, -0.15) is 4.39 Å². The van der Waals surface area contributed by atoms with E-state index in [0.29, 0.717) is 17.8 Å². The van der Waals surface area contributed by atoms with Gasteiger partial charge in [0.05, 0.1) is 19.7 Å². The van der Waals surface area contributed by atoms with E-state index in [0.717, 1.165) is 0 Å². The van der Waals surface area contributed by atoms with Crippen LogP contribution in [0.2, 0.25) is 0 Å². The Morgan fingerprint density at radius 2 is 1.71 bits per heavy atom. The zero-order valence-electron chi connectivity index (χ0n) is 13.7. The quantitative estimate of drug-likeness (QED) is 0.186. The molecule has 0 saturated heterocycles. The summed E-state index contributed by atoms with van der Waals surface area (Å²) in [4.78, 5) is 40.9. The zero-order valence-corrected chi connectivity index (χ0v) is 14.5. The van der Waals surface area contributed by atoms with Gasteiger partial charge in [-0.1, -0.05) is 6.92 Å². The number of nitrogens with zero attached hydrogens (tertiary/aromatic N) is 3. The molecular formula is C12H10F3N3O9S. The topological polar surface area (TPSA) is 165 Å². The van der Waals surface area contributed by atoms with Crippen LogP contribution in [0.5, 0.6) is 5.75 Å². The maximum Gasteiger partial charge on any atom is 0.517 e. The van der Waals surface area contributed by atoms with E-state index in [-0.39, 0.29) is 5.75 Å². The van der Waals surface area contributed by atoms with Crippen LogP contribution >= 0.6 is 11.8 Å². The molecule has 0 radical (unpaired) electrons. The van der Waals surface area contributed by atoms with Gasteiger partial charge in [0, 0.05) is 6.07 Å². The highest BCUT2D eigenvalue weighted by Crippen LogP contribution is 2.49. The number of carbonyl (C=O) groups is 1. The van der Waals surface area contributed by atoms with Crippen molar-refractivity contribution in [3.63, 3.8) is 0 Å². The van der Waals surface area contributed by atoms with E-state index < -0.39 is 67.8 Å². The van der Waals surface area contributed by atoms with Gasteiger partial charge in [0.15, 0.2) is 6.17 Å². The minimum Gasteiger partial charge on any atom is -0.396 e. The highest BCUT2D eigenvalue weighted by atomic mass is 32.2. The summed E-state index contributed by atoms with van der Waals surface area (Å²) in [5.74, 6) is -1.38. The number of hydrogen-bond acceptors (Lipinski definition) is 10. The van der Waals surface area contributed by atoms with Crippen LogP contribution in [0.4, 0.5) is 35.0 Å². The van der Waals surface area contributed by atoms with E-state index in [4.69, 9.17) is 0 Å². The van der Waals surface area contributed by atoms with Gasteiger partial charge in [0.2, 0.25) is 0 Å². The van der Waals surface area contributed by atoms with Crippen molar-refractivity contribution >= 4 is 35.0 Å². The molecule has 0 aliphatic carbocycles. The van der Waals surface area contributed by atoms with Crippen molar-refractivity contribution in [2.45, 2.75) is 24.3 Å². The highest BCUT2D eigenvalue weighted by Gasteiger charge is 2.42. The van der Waals surface area contributed by atoms with Gasteiger partial charge < -0.3 is 9.47 Å². The zero-order chi connectivity index (χ0) is 21.6. The van der Waals surface area contributed by atoms with Gasteiger partial charge in [-0.3, -0.25) is 30.3 Å². The largest absolute Gasteiger partial charge is 0.517 e. The first-order valence-electron chi connectivity index (χ1n) is 7.04. The lowest BCUT2D eigenvalue weighted by molar-refractivity contribution is -0.427. The smallest absolute Gasteiger partial charge is 0.396 e. The molecule has 12 nitrogen and oxygen atoms in total. The molecule has 0 fully saturated rings. The summed E-state index contributed by atoms with van der Waals surface area (Å²) in [6.07, 6.45) is -8.30. The number of nitro benzene ring substituents is 3. The second-order valence-corrected chi connectivity index (χ2v) is 5.92. The number of rotatable bonds is 9. The van der Waals surface area contributed by atoms with Crippen molar-refractivity contribution in [1.82, 2.24) is 0 Å². The lowest BCUT2D eigenvalue weighted by atomic mass is 10.2. The highest BCUT2D eigenvalue weighted by molar-refractivity contribution is 7.99. The van der Waals surface area contributed by atoms with Gasteiger partial charge in [0.25, 0.3) is 12.1 Å². The fraction of sp³-hybridized carbons (Fsp3) is 0.417. The predicted octanol–water partition coefficient (Wildman–Crippen LogP) is 3.64. The molecule has 0 aliphatic rings. The van der Waals surface area contributed by atoms with Crippen molar-refractivity contribution in [1.29, 1.82) is 0 Å². The molecule has 0 bridgehead atoms. The second-order valence-electron chi connectivity index (χ2n) is 4.62. The van der Waals surface area contributed by atoms with E-state index in [1.807, 2.05) is 0 Å². The first-order valence-corrected chi connectivity index (χ1v) is 8.03. The summed E-state index contributed by atoms with van der Waals surface area (Å²) in [7, 11) is 0. The van der Waals surface area contributed by atoms with E-state index in [1.54, 1.807) is 0 Å². The van der Waals surface area contributed by atoms with Crippen LogP contribution in [0.15, 0.2) is 11.0 Å². The van der Waals surface area contributed by atoms with Crippen molar-refractivity contribution < 1.29 is 42.2 Å². The third-order valence-electron chi connectivity index (χ3n) is 2.86. The predicted molar refractivity (Wildman–Crippen MR) is 85.7 cm³/mol. The Kier molecular flexibility index (Phi) is 7.90. The minimum atomic E-state index is -3.18. The molecule has 1 aromatic rings. The van der Waals surface area contributed by atoms with Crippen LogP contribution in [0.3, 0.4) is 0 Å². The van der Waals surface area contributed by atoms with Crippen LogP contribution in [0.25, 0.3) is 0 Å². The van der Waals surface area contributed by atoms with Gasteiger partial charge >= 0.3 is 23.2 Å². The molecule has 0 saturated carbocycles. The third-order valence-corrected chi connectivity index (χ3v) is 3.77. The monoisotopic (exact) mass is 429 g/mol. The fourth-order valence-electron chi connectivity index (χ4n) is 1.79. The van der Waals surface area contributed by atoms with Gasteiger partial charge in [0.1, 0.15) is 6.67 Å². The molecular weight excluding hydrogens is 419 g/mol. The van der Waals surface area contributed by atoms with Crippen molar-refractivity contribution in [3.8, 4) is 5.75 Å². The molecule has 1 rings (SSSR count). The fourth-order valence-corrected chi connectivity index (χ4v) is 2.61. The van der Waals surface area contributed by atoms with Crippen LogP contribution in [0, 0.1) is 30.3 Å². The van der Waals surface area contributed by atoms with Gasteiger partial charge in [-0.25, -0.2) is 13.6 Å². The number of hydrogen-bond donors (Lipinski definition) is 0. The molecule has 0 spiro atoms. The molecule has 28 heavy (non-hydrogen) atoms. The van der Waals surface area contributed by atoms with Crippen LogP contribution in [-0.4, -0.2) is 45.9 Å². The number of halogens is 3. The Morgan fingerprint density at radius 1 is 1.14 bits per heavy atom. The second kappa shape index (κ2) is 9.67. The Hall–Kier alpha value is -3.17. The standard InChI is InChI=1S/C12H10F3N3O9S/c1-2-28-7-3-6(16(20)21)10(9(18(24)25)8(7)17(22)23)26-12(19)27-11(15)5(14)4-13/h3,5,11H,2,4H2,1H3. The Bertz CT molecular complexity index is 810. The Balaban J connectivity index is 3.56. The summed E-state index contributed by atoms with van der Waals surface area (Å²) in [6, 6.07) is 0.550. The van der Waals surface area contributed by atoms with Crippen LogP contribution in [0.1, 0.15) is 6.92 Å². The maximum atomic E-state index is 13.1. The molecule has 154 valence electrons. The Morgan fingerprint density at radius 3 is 2.14 bits per heavy atom. The molecule has 2 unspecified atom stereocenters. The summed E-state index contributed by atoms with van der Waals surface area (Å²) >= 11 is 0.665. The van der Waals surface area contributed by atoms with Gasteiger partial charge in [-0.05, 0) is 5.75 Å².